The minimum absolute atomic E-state index is 0. The van der Waals surface area contributed by atoms with Gasteiger partial charge in [-0.1, -0.05) is 0 Å². The summed E-state index contributed by atoms with van der Waals surface area (Å²) in [6.07, 6.45) is 9.22. The topological polar surface area (TPSA) is 0 Å². The van der Waals surface area contributed by atoms with Crippen molar-refractivity contribution in [2.45, 2.75) is 65.2 Å². The molecule has 0 saturated carbocycles. The van der Waals surface area contributed by atoms with E-state index in [-0.39, 0.29) is 35.6 Å². The molecule has 0 aliphatic heterocycles. The summed E-state index contributed by atoms with van der Waals surface area (Å²) in [6.45, 7) is 14.3. The number of rotatable bonds is 4. The van der Waals surface area contributed by atoms with Crippen LogP contribution < -0.4 is 28.1 Å². The first-order valence-corrected chi connectivity index (χ1v) is 17.8. The molecule has 0 bridgehead atoms. The monoisotopic (exact) mass is 744 g/mol. The van der Waals surface area contributed by atoms with Crippen LogP contribution in [-0.4, -0.2) is 0 Å². The van der Waals surface area contributed by atoms with Gasteiger partial charge in [0.2, 0.25) is 0 Å². The van der Waals surface area contributed by atoms with Gasteiger partial charge in [0.15, 0.2) is 0 Å². The average molecular weight is 744 g/mol. The van der Waals surface area contributed by atoms with Gasteiger partial charge in [0.1, 0.15) is 0 Å². The molecule has 208 valence electrons. The molecule has 0 unspecified atom stereocenters. The number of allylic oxidation sites excluding steroid dienone is 4. The van der Waals surface area contributed by atoms with E-state index in [4.69, 9.17) is 0 Å². The van der Waals surface area contributed by atoms with Gasteiger partial charge in [-0.2, -0.15) is 0 Å². The van der Waals surface area contributed by atoms with Gasteiger partial charge in [-0.15, -0.1) is 0 Å². The first-order chi connectivity index (χ1) is 18.6. The van der Waals surface area contributed by atoms with E-state index in [9.17, 15) is 0 Å². The smallest absolute Gasteiger partial charge is 1.00 e. The number of fused-ring (bicyclic) bond motifs is 3. The van der Waals surface area contributed by atoms with Crippen molar-refractivity contribution < 1.29 is 47.7 Å². The molecule has 0 saturated heterocycles. The van der Waals surface area contributed by atoms with Crippen molar-refractivity contribution in [3.63, 3.8) is 0 Å². The van der Waals surface area contributed by atoms with Crippen LogP contribution in [0.1, 0.15) is 70.2 Å². The van der Waals surface area contributed by atoms with Crippen molar-refractivity contribution in [2.75, 3.05) is 0 Å². The Morgan fingerprint density at radius 3 is 1.78 bits per heavy atom. The Bertz CT molecular complexity index is 1620. The van der Waals surface area contributed by atoms with Crippen LogP contribution in [0.5, 0.6) is 0 Å². The van der Waals surface area contributed by atoms with Crippen molar-refractivity contribution in [2.24, 2.45) is 0 Å². The van der Waals surface area contributed by atoms with E-state index in [0.29, 0.717) is 0 Å². The molecule has 41 heavy (non-hydrogen) atoms. The Balaban J connectivity index is 0.00000194. The first-order valence-electron chi connectivity index (χ1n) is 14.2. The normalized spacial score (nSPS) is 13.5. The molecule has 0 heterocycles. The number of benzene rings is 4. The summed E-state index contributed by atoms with van der Waals surface area (Å²) in [5, 5.41) is 0. The molecule has 0 spiro atoms. The Hall–Kier alpha value is -2.19. The molecule has 3 heteroatoms. The zero-order valence-electron chi connectivity index (χ0n) is 24.9. The van der Waals surface area contributed by atoms with Gasteiger partial charge in [0.05, 0.1) is 0 Å². The largest absolute Gasteiger partial charge is 1.00 e. The summed E-state index contributed by atoms with van der Waals surface area (Å²) in [6, 6.07) is 29.9. The Kier molecular flexibility index (Phi) is 9.44. The van der Waals surface area contributed by atoms with Gasteiger partial charge in [-0.05, 0) is 0 Å². The van der Waals surface area contributed by atoms with Crippen LogP contribution in [0.3, 0.4) is 0 Å². The standard InChI is InChI=1S/C33H33.C5H5.2ClH.Hf/c1-32(2,3)30-20-26-24(18-28(30)22-13-9-7-10-14-22)17-25-19-29(23-15-11-8-12-16-23)31(21-27(25)26)33(4,5)6;1-2-4-5-3-1;;;/h7-16,18,20-21H,17H2,1-6H3;1-3H,4H2;2*1H;/q;;;;+2/p-2. The Morgan fingerprint density at radius 2 is 1.22 bits per heavy atom. The molecule has 0 nitrogen and oxygen atoms in total. The zero-order valence-corrected chi connectivity index (χ0v) is 30.0. The van der Waals surface area contributed by atoms with Gasteiger partial charge in [-0.25, -0.2) is 0 Å². The predicted octanol–water partition coefficient (Wildman–Crippen LogP) is 3.75. The van der Waals surface area contributed by atoms with E-state index in [1.807, 2.05) is 0 Å². The molecule has 0 N–H and O–H groups in total. The molecule has 2 aliphatic rings. The summed E-state index contributed by atoms with van der Waals surface area (Å²) in [5.74, 6) is 0. The van der Waals surface area contributed by atoms with E-state index >= 15 is 0 Å². The Morgan fingerprint density at radius 1 is 0.634 bits per heavy atom. The van der Waals surface area contributed by atoms with Gasteiger partial charge in [0, 0.05) is 0 Å². The summed E-state index contributed by atoms with van der Waals surface area (Å²) in [5.41, 5.74) is 14.7. The van der Waals surface area contributed by atoms with E-state index < -0.39 is 22.9 Å². The third-order valence-electron chi connectivity index (χ3n) is 8.16. The number of halogens is 2. The molecule has 6 rings (SSSR count). The SMILES string of the molecule is CC(C)(C)c1cc2c(cc1-c1ccccc1)Cc1c-2cc(C(C)(C)C)c(-c2ccccc2)[c]1[Hf+2][C]1=CC=CC1.[Cl-].[Cl-]. The maximum absolute atomic E-state index is 2.58. The molecule has 0 atom stereocenters. The van der Waals surface area contributed by atoms with Gasteiger partial charge >= 0.3 is 247 Å². The van der Waals surface area contributed by atoms with Crippen LogP contribution in [0, 0.1) is 0 Å². The van der Waals surface area contributed by atoms with Crippen molar-refractivity contribution in [3.05, 3.63) is 123 Å². The minimum Gasteiger partial charge on any atom is -1.00 e. The van der Waals surface area contributed by atoms with Crippen LogP contribution in [0.4, 0.5) is 0 Å². The molecule has 4 aromatic rings. The summed E-state index contributed by atoms with van der Waals surface area (Å²) in [7, 11) is 0. The fourth-order valence-corrected chi connectivity index (χ4v) is 11.6. The number of hydrogen-bond acceptors (Lipinski definition) is 0. The summed E-state index contributed by atoms with van der Waals surface area (Å²) >= 11 is -1.27. The third kappa shape index (κ3) is 6.15. The van der Waals surface area contributed by atoms with E-state index in [2.05, 4.69) is 139 Å². The van der Waals surface area contributed by atoms with E-state index in [0.717, 1.165) is 12.8 Å². The molecular weight excluding hydrogens is 706 g/mol. The fourth-order valence-electron chi connectivity index (χ4n) is 6.19. The minimum atomic E-state index is -1.27. The first kappa shape index (κ1) is 31.7. The predicted molar refractivity (Wildman–Crippen MR) is 164 cm³/mol. The van der Waals surface area contributed by atoms with Gasteiger partial charge < -0.3 is 24.8 Å². The molecule has 0 fully saturated rings. The van der Waals surface area contributed by atoms with E-state index in [1.165, 1.54) is 50.1 Å². The summed E-state index contributed by atoms with van der Waals surface area (Å²) < 4.78 is 3.42. The summed E-state index contributed by atoms with van der Waals surface area (Å²) in [4.78, 5) is 0. The van der Waals surface area contributed by atoms with Gasteiger partial charge in [0.25, 0.3) is 0 Å². The third-order valence-corrected chi connectivity index (χ3v) is 13.5. The van der Waals surface area contributed by atoms with Crippen LogP contribution >= 0.6 is 0 Å². The van der Waals surface area contributed by atoms with Crippen molar-refractivity contribution in [3.8, 4) is 33.4 Å². The van der Waals surface area contributed by atoms with Crippen molar-refractivity contribution in [1.82, 2.24) is 0 Å². The zero-order chi connectivity index (χ0) is 27.4. The van der Waals surface area contributed by atoms with Crippen LogP contribution in [-0.2, 0) is 40.2 Å². The van der Waals surface area contributed by atoms with Gasteiger partial charge in [-0.3, -0.25) is 0 Å². The maximum atomic E-state index is 2.58. The molecule has 4 aromatic carbocycles. The molecule has 2 aliphatic carbocycles. The second-order valence-electron chi connectivity index (χ2n) is 13.1. The van der Waals surface area contributed by atoms with Crippen LogP contribution in [0.2, 0.25) is 0 Å². The van der Waals surface area contributed by atoms with E-state index in [1.54, 1.807) is 12.2 Å². The van der Waals surface area contributed by atoms with Crippen LogP contribution in [0.15, 0.2) is 100 Å². The molecular formula is C38H38Cl2Hf. The molecule has 0 radical (unpaired) electrons. The quantitative estimate of drug-likeness (QED) is 0.247. The molecule has 0 amide bonds. The maximum Gasteiger partial charge on any atom is -1.00 e. The van der Waals surface area contributed by atoms with Crippen LogP contribution in [0.25, 0.3) is 33.4 Å². The average Bonchev–Trinajstić information content (AvgIpc) is 3.55. The van der Waals surface area contributed by atoms with Crippen molar-refractivity contribution in [1.29, 1.82) is 0 Å². The second kappa shape index (κ2) is 12.2. The van der Waals surface area contributed by atoms with Crippen molar-refractivity contribution >= 4 is 3.32 Å². The fraction of sp³-hybridized carbons (Fsp3) is 0.263. The second-order valence-corrected chi connectivity index (χ2v) is 18.1. The molecule has 0 aromatic heterocycles. The Labute approximate surface area is 270 Å². The number of hydrogen-bond donors (Lipinski definition) is 0.